The van der Waals surface area contributed by atoms with Crippen molar-refractivity contribution < 1.29 is 9.21 Å². The van der Waals surface area contributed by atoms with Gasteiger partial charge in [0.2, 0.25) is 0 Å². The van der Waals surface area contributed by atoms with Crippen LogP contribution in [0.4, 0.5) is 0 Å². The summed E-state index contributed by atoms with van der Waals surface area (Å²) in [7, 11) is 0. The monoisotopic (exact) mass is 374 g/mol. The average Bonchev–Trinajstić information content (AvgIpc) is 3.43. The van der Waals surface area contributed by atoms with Gasteiger partial charge in [0.1, 0.15) is 11.5 Å². The number of hydrogen-bond acceptors (Lipinski definition) is 5. The Bertz CT molecular complexity index is 1120. The zero-order valence-electron chi connectivity index (χ0n) is 15.4. The van der Waals surface area contributed by atoms with Gasteiger partial charge in [-0.25, -0.2) is 10.1 Å². The Morgan fingerprint density at radius 3 is 2.79 bits per heavy atom. The zero-order chi connectivity index (χ0) is 19.5. The van der Waals surface area contributed by atoms with E-state index < -0.39 is 5.91 Å². The van der Waals surface area contributed by atoms with Gasteiger partial charge in [-0.15, -0.1) is 0 Å². The number of nitrogens with one attached hydrogen (secondary N) is 2. The lowest BCUT2D eigenvalue weighted by atomic mass is 10.1. The molecule has 2 N–H and O–H groups in total. The molecule has 1 aromatic carbocycles. The second-order valence-electron chi connectivity index (χ2n) is 6.17. The Kier molecular flexibility index (Phi) is 4.59. The molecule has 1 amide bonds. The number of hydrogen-bond donors (Lipinski definition) is 2. The topological polar surface area (TPSA) is 101 Å². The van der Waals surface area contributed by atoms with Crippen LogP contribution in [0.2, 0.25) is 0 Å². The molecule has 0 atom stereocenters. The van der Waals surface area contributed by atoms with E-state index in [1.807, 2.05) is 48.9 Å². The van der Waals surface area contributed by atoms with Gasteiger partial charge in [0.15, 0.2) is 0 Å². The van der Waals surface area contributed by atoms with Crippen LogP contribution in [0, 0.1) is 13.8 Å². The summed E-state index contributed by atoms with van der Waals surface area (Å²) in [4.78, 5) is 12.3. The van der Waals surface area contributed by atoms with Crippen molar-refractivity contribution in [2.24, 2.45) is 5.10 Å². The van der Waals surface area contributed by atoms with E-state index in [1.54, 1.807) is 18.2 Å². The van der Waals surface area contributed by atoms with Crippen LogP contribution in [0.1, 0.15) is 27.6 Å². The molecule has 3 heterocycles. The Hall–Kier alpha value is -3.94. The summed E-state index contributed by atoms with van der Waals surface area (Å²) in [5.74, 6) is 0.150. The van der Waals surface area contributed by atoms with Crippen molar-refractivity contribution in [1.82, 2.24) is 25.4 Å². The number of furan rings is 1. The maximum Gasteiger partial charge on any atom is 0.289 e. The van der Waals surface area contributed by atoms with Crippen LogP contribution in [0.3, 0.4) is 0 Å². The first-order chi connectivity index (χ1) is 13.6. The number of H-pyrrole nitrogens is 1. The van der Waals surface area contributed by atoms with Crippen LogP contribution >= 0.6 is 0 Å². The highest BCUT2D eigenvalue weighted by Gasteiger charge is 2.18. The molecular formula is C20H18N6O2. The number of hydrazone groups is 1. The summed E-state index contributed by atoms with van der Waals surface area (Å²) in [6, 6.07) is 15.0. The van der Waals surface area contributed by atoms with Gasteiger partial charge in [0, 0.05) is 5.56 Å². The molecule has 0 aliphatic heterocycles. The van der Waals surface area contributed by atoms with E-state index in [1.165, 1.54) is 12.5 Å². The van der Waals surface area contributed by atoms with Gasteiger partial charge < -0.3 is 4.42 Å². The predicted molar refractivity (Wildman–Crippen MR) is 104 cm³/mol. The third-order valence-corrected chi connectivity index (χ3v) is 4.27. The van der Waals surface area contributed by atoms with E-state index in [4.69, 9.17) is 4.42 Å². The van der Waals surface area contributed by atoms with Crippen LogP contribution in [-0.2, 0) is 0 Å². The second kappa shape index (κ2) is 7.36. The number of carbonyl (C=O) groups is 1. The zero-order valence-corrected chi connectivity index (χ0v) is 15.4. The van der Waals surface area contributed by atoms with Crippen LogP contribution in [-0.4, -0.2) is 32.1 Å². The molecule has 3 aromatic heterocycles. The lowest BCUT2D eigenvalue weighted by Crippen LogP contribution is -2.17. The van der Waals surface area contributed by atoms with Gasteiger partial charge in [-0.2, -0.15) is 15.3 Å². The second-order valence-corrected chi connectivity index (χ2v) is 6.17. The first-order valence-corrected chi connectivity index (χ1v) is 8.68. The summed E-state index contributed by atoms with van der Waals surface area (Å²) >= 11 is 0. The largest absolute Gasteiger partial charge is 0.463 e. The lowest BCUT2D eigenvalue weighted by molar-refractivity contribution is 0.0950. The molecule has 140 valence electrons. The molecule has 0 saturated heterocycles. The highest BCUT2D eigenvalue weighted by atomic mass is 16.3. The Morgan fingerprint density at radius 1 is 1.21 bits per heavy atom. The number of aromatic nitrogens is 4. The molecule has 0 aliphatic rings. The molecule has 0 fully saturated rings. The third-order valence-electron chi connectivity index (χ3n) is 4.27. The van der Waals surface area contributed by atoms with Crippen molar-refractivity contribution in [1.29, 1.82) is 0 Å². The first kappa shape index (κ1) is 17.5. The van der Waals surface area contributed by atoms with E-state index in [2.05, 4.69) is 25.8 Å². The molecule has 0 unspecified atom stereocenters. The van der Waals surface area contributed by atoms with Gasteiger partial charge >= 0.3 is 0 Å². The van der Waals surface area contributed by atoms with Crippen LogP contribution in [0.5, 0.6) is 0 Å². The van der Waals surface area contributed by atoms with Gasteiger partial charge in [0.25, 0.3) is 5.91 Å². The quantitative estimate of drug-likeness (QED) is 0.414. The number of aromatic amines is 1. The van der Waals surface area contributed by atoms with E-state index in [-0.39, 0.29) is 0 Å². The fourth-order valence-corrected chi connectivity index (χ4v) is 2.98. The number of para-hydroxylation sites is 1. The number of benzene rings is 1. The molecule has 4 rings (SSSR count). The summed E-state index contributed by atoms with van der Waals surface area (Å²) < 4.78 is 6.99. The minimum absolute atomic E-state index is 0.304. The summed E-state index contributed by atoms with van der Waals surface area (Å²) in [6.07, 6.45) is 2.96. The van der Waals surface area contributed by atoms with Crippen LogP contribution < -0.4 is 5.43 Å². The predicted octanol–water partition coefficient (Wildman–Crippen LogP) is 3.24. The highest BCUT2D eigenvalue weighted by molar-refractivity contribution is 5.94. The minimum atomic E-state index is -0.396. The number of carbonyl (C=O) groups excluding carboxylic acids is 1. The van der Waals surface area contributed by atoms with Gasteiger partial charge in [-0.3, -0.25) is 9.89 Å². The first-order valence-electron chi connectivity index (χ1n) is 8.68. The molecule has 0 spiro atoms. The standard InChI is InChI=1S/C20H18N6O2/c1-13-19(14(2)26(25-13)15-7-4-3-5-8-15)17-11-18(23-22-17)20(27)24-21-12-16-9-6-10-28-16/h3-12H,1-2H3,(H,22,23)(H,24,27). The van der Waals surface area contributed by atoms with Crippen molar-refractivity contribution in [3.05, 3.63) is 77.6 Å². The van der Waals surface area contributed by atoms with Gasteiger partial charge in [-0.05, 0) is 44.2 Å². The summed E-state index contributed by atoms with van der Waals surface area (Å²) in [5.41, 5.74) is 7.02. The minimum Gasteiger partial charge on any atom is -0.463 e. The smallest absolute Gasteiger partial charge is 0.289 e. The molecule has 0 bridgehead atoms. The Labute approximate surface area is 160 Å². The third kappa shape index (κ3) is 3.35. The average molecular weight is 374 g/mol. The molecule has 8 heteroatoms. The van der Waals surface area contributed by atoms with Crippen molar-refractivity contribution in [2.75, 3.05) is 0 Å². The van der Waals surface area contributed by atoms with E-state index in [0.717, 1.165) is 22.6 Å². The van der Waals surface area contributed by atoms with E-state index in [9.17, 15) is 4.79 Å². The number of rotatable bonds is 5. The Morgan fingerprint density at radius 2 is 2.04 bits per heavy atom. The highest BCUT2D eigenvalue weighted by Crippen LogP contribution is 2.27. The van der Waals surface area contributed by atoms with Crippen molar-refractivity contribution in [3.8, 4) is 16.9 Å². The Balaban J connectivity index is 1.56. The van der Waals surface area contributed by atoms with Crippen molar-refractivity contribution in [3.63, 3.8) is 0 Å². The van der Waals surface area contributed by atoms with Crippen LogP contribution in [0.25, 0.3) is 16.9 Å². The maximum absolute atomic E-state index is 12.3. The fraction of sp³-hybridized carbons (Fsp3) is 0.100. The SMILES string of the molecule is Cc1nn(-c2ccccc2)c(C)c1-c1cc(C(=O)NN=Cc2ccco2)[nH]n1. The number of aryl methyl sites for hydroxylation is 1. The molecule has 8 nitrogen and oxygen atoms in total. The van der Waals surface area contributed by atoms with E-state index >= 15 is 0 Å². The van der Waals surface area contributed by atoms with Gasteiger partial charge in [-0.1, -0.05) is 18.2 Å². The summed E-state index contributed by atoms with van der Waals surface area (Å²) in [5, 5.41) is 15.5. The molecule has 28 heavy (non-hydrogen) atoms. The molecule has 4 aromatic rings. The molecular weight excluding hydrogens is 356 g/mol. The van der Waals surface area contributed by atoms with Crippen LogP contribution in [0.15, 0.2) is 64.3 Å². The van der Waals surface area contributed by atoms with E-state index in [0.29, 0.717) is 17.1 Å². The lowest BCUT2D eigenvalue weighted by Gasteiger charge is -2.04. The molecule has 0 radical (unpaired) electrons. The maximum atomic E-state index is 12.3. The fourth-order valence-electron chi connectivity index (χ4n) is 2.98. The number of amides is 1. The molecule has 0 saturated carbocycles. The molecule has 0 aliphatic carbocycles. The summed E-state index contributed by atoms with van der Waals surface area (Å²) in [6.45, 7) is 3.90. The van der Waals surface area contributed by atoms with Crippen molar-refractivity contribution >= 4 is 12.1 Å². The van der Waals surface area contributed by atoms with Gasteiger partial charge in [0.05, 0.1) is 35.2 Å². The van der Waals surface area contributed by atoms with Crippen molar-refractivity contribution in [2.45, 2.75) is 13.8 Å². The number of nitrogens with zero attached hydrogens (tertiary/aromatic N) is 4. The normalized spacial score (nSPS) is 11.2.